The zero-order valence-corrected chi connectivity index (χ0v) is 35.5. The van der Waals surface area contributed by atoms with E-state index in [1.54, 1.807) is 6.20 Å². The van der Waals surface area contributed by atoms with Gasteiger partial charge in [-0.05, 0) is 130 Å². The molecular formula is C52H56N8O2. The normalized spacial score (nSPS) is 20.8. The van der Waals surface area contributed by atoms with Crippen LogP contribution in [0.3, 0.4) is 0 Å². The Hall–Kier alpha value is -6.02. The predicted octanol–water partition coefficient (Wildman–Crippen LogP) is 9.13. The highest BCUT2D eigenvalue weighted by Gasteiger charge is 2.40. The minimum absolute atomic E-state index is 0.0748. The van der Waals surface area contributed by atoms with Crippen molar-refractivity contribution in [2.75, 3.05) is 39.3 Å². The molecule has 10 heteroatoms. The summed E-state index contributed by atoms with van der Waals surface area (Å²) in [6.07, 6.45) is 12.5. The first-order valence-electron chi connectivity index (χ1n) is 22.9. The summed E-state index contributed by atoms with van der Waals surface area (Å²) >= 11 is 0. The molecule has 4 fully saturated rings. The number of fused-ring (bicyclic) bond motifs is 1. The molecule has 10 nitrogen and oxygen atoms in total. The van der Waals surface area contributed by atoms with Crippen LogP contribution in [-0.4, -0.2) is 90.6 Å². The highest BCUT2D eigenvalue weighted by atomic mass is 16.2. The molecule has 2 N–H and O–H groups in total. The second kappa shape index (κ2) is 18.1. The van der Waals surface area contributed by atoms with Crippen molar-refractivity contribution in [1.29, 1.82) is 0 Å². The van der Waals surface area contributed by atoms with E-state index >= 15 is 0 Å². The second-order valence-corrected chi connectivity index (χ2v) is 17.6. The third-order valence-corrected chi connectivity index (χ3v) is 13.6. The number of aromatic amines is 2. The number of likely N-dealkylation sites (tertiary alicyclic amines) is 4. The fourth-order valence-electron chi connectivity index (χ4n) is 10.4. The van der Waals surface area contributed by atoms with Crippen LogP contribution in [-0.2, 0) is 9.59 Å². The molecule has 2 aromatic heterocycles. The predicted molar refractivity (Wildman–Crippen MR) is 243 cm³/mol. The van der Waals surface area contributed by atoms with Gasteiger partial charge in [0.25, 0.3) is 0 Å². The molecule has 4 aliphatic heterocycles. The van der Waals surface area contributed by atoms with Gasteiger partial charge in [-0.2, -0.15) is 0 Å². The number of piperidine rings is 2. The van der Waals surface area contributed by atoms with Gasteiger partial charge in [0, 0.05) is 18.7 Å². The summed E-state index contributed by atoms with van der Waals surface area (Å²) < 4.78 is 0. The number of imidazole rings is 2. The van der Waals surface area contributed by atoms with Crippen molar-refractivity contribution in [3.63, 3.8) is 0 Å². The molecule has 4 aromatic carbocycles. The van der Waals surface area contributed by atoms with Crippen LogP contribution in [0.4, 0.5) is 0 Å². The van der Waals surface area contributed by atoms with Crippen molar-refractivity contribution < 1.29 is 9.59 Å². The van der Waals surface area contributed by atoms with Gasteiger partial charge in [0.1, 0.15) is 29.4 Å². The maximum atomic E-state index is 14.4. The third kappa shape index (κ3) is 8.32. The Morgan fingerprint density at radius 1 is 0.565 bits per heavy atom. The fraction of sp³-hybridized carbons (Fsp3) is 0.385. The Morgan fingerprint density at radius 3 is 1.69 bits per heavy atom. The first-order chi connectivity index (χ1) is 30.6. The van der Waals surface area contributed by atoms with Gasteiger partial charge in [0.15, 0.2) is 0 Å². The number of amides is 2. The summed E-state index contributed by atoms with van der Waals surface area (Å²) in [5, 5.41) is 0. The van der Waals surface area contributed by atoms with Crippen molar-refractivity contribution >= 4 is 22.8 Å². The van der Waals surface area contributed by atoms with E-state index in [9.17, 15) is 9.59 Å². The van der Waals surface area contributed by atoms with E-state index in [1.165, 1.54) is 12.8 Å². The molecule has 0 spiro atoms. The monoisotopic (exact) mass is 824 g/mol. The highest BCUT2D eigenvalue weighted by molar-refractivity contribution is 5.85. The van der Waals surface area contributed by atoms with E-state index < -0.39 is 0 Å². The number of nitrogens with one attached hydrogen (secondary N) is 2. The van der Waals surface area contributed by atoms with Gasteiger partial charge >= 0.3 is 0 Å². The van der Waals surface area contributed by atoms with Crippen molar-refractivity contribution in [2.24, 2.45) is 0 Å². The lowest BCUT2D eigenvalue weighted by Gasteiger charge is -2.37. The first kappa shape index (κ1) is 40.1. The second-order valence-electron chi connectivity index (χ2n) is 17.6. The summed E-state index contributed by atoms with van der Waals surface area (Å²) in [4.78, 5) is 54.5. The van der Waals surface area contributed by atoms with Crippen LogP contribution in [0.1, 0.15) is 122 Å². The van der Waals surface area contributed by atoms with Gasteiger partial charge in [-0.15, -0.1) is 0 Å². The Bertz CT molecular complexity index is 2540. The average Bonchev–Trinajstić information content (AvgIpc) is 4.17. The molecule has 6 heterocycles. The topological polar surface area (TPSA) is 104 Å². The van der Waals surface area contributed by atoms with E-state index in [2.05, 4.69) is 103 Å². The van der Waals surface area contributed by atoms with Gasteiger partial charge in [0.2, 0.25) is 11.8 Å². The maximum absolute atomic E-state index is 14.4. The molecule has 62 heavy (non-hydrogen) atoms. The van der Waals surface area contributed by atoms with Crippen LogP contribution >= 0.6 is 0 Å². The summed E-state index contributed by atoms with van der Waals surface area (Å²) in [5.41, 5.74) is 7.84. The lowest BCUT2D eigenvalue weighted by molar-refractivity contribution is -0.139. The molecule has 0 saturated carbocycles. The summed E-state index contributed by atoms with van der Waals surface area (Å²) in [5.74, 6) is 8.63. The molecule has 0 bridgehead atoms. The largest absolute Gasteiger partial charge is 0.340 e. The van der Waals surface area contributed by atoms with Crippen molar-refractivity contribution in [1.82, 2.24) is 39.5 Å². The van der Waals surface area contributed by atoms with E-state index in [0.717, 1.165) is 147 Å². The van der Waals surface area contributed by atoms with Crippen LogP contribution in [0.25, 0.3) is 22.2 Å². The molecule has 316 valence electrons. The number of nitrogens with zero attached hydrogens (tertiary/aromatic N) is 6. The number of hydrogen-bond acceptors (Lipinski definition) is 6. The van der Waals surface area contributed by atoms with Crippen molar-refractivity contribution in [2.45, 2.75) is 88.4 Å². The van der Waals surface area contributed by atoms with Crippen LogP contribution in [0.15, 0.2) is 109 Å². The molecule has 4 aliphatic rings. The molecule has 10 rings (SSSR count). The minimum Gasteiger partial charge on any atom is -0.340 e. The molecule has 6 aromatic rings. The van der Waals surface area contributed by atoms with Gasteiger partial charge in [0.05, 0.1) is 29.3 Å². The zero-order valence-electron chi connectivity index (χ0n) is 35.5. The van der Waals surface area contributed by atoms with Crippen LogP contribution in [0, 0.1) is 11.8 Å². The Morgan fingerprint density at radius 2 is 1.11 bits per heavy atom. The number of carbonyl (C=O) groups excluding carboxylic acids is 2. The smallest absolute Gasteiger partial charge is 0.245 e. The Kier molecular flexibility index (Phi) is 11.7. The fourth-order valence-corrected chi connectivity index (χ4v) is 10.4. The third-order valence-electron chi connectivity index (χ3n) is 13.6. The molecule has 0 aliphatic carbocycles. The number of carbonyl (C=O) groups is 2. The Balaban J connectivity index is 0.816. The maximum Gasteiger partial charge on any atom is 0.245 e. The van der Waals surface area contributed by atoms with Gasteiger partial charge < -0.3 is 19.8 Å². The lowest BCUT2D eigenvalue weighted by atomic mass is 10.00. The zero-order chi connectivity index (χ0) is 41.8. The molecule has 4 atom stereocenters. The molecule has 1 unspecified atom stereocenters. The Labute approximate surface area is 364 Å². The quantitative estimate of drug-likeness (QED) is 0.141. The standard InChI is InChI=1S/C52H56N8O2/c61-51(47(39-15-5-1-6-16-39)57-29-9-3-10-30-57)59-33-13-19-45(59)49-53-36-42(54-49)27-23-37-21-24-38(25-22-37)41-26-28-43-44(35-41)56-50(55-43)46-20-14-34-60(46)52(62)48(40-17-7-2-8-18-40)58-31-11-4-12-32-58/h1-2,5-8,15-18,21-22,24-26,28,35-36,45-48H,3-4,9-14,19-20,29-34H2,(H,53,54)(H,55,56)/t45-,46?,47+,48+/m0/s1. The number of aromatic nitrogens is 4. The van der Waals surface area contributed by atoms with E-state index in [4.69, 9.17) is 9.97 Å². The van der Waals surface area contributed by atoms with E-state index in [-0.39, 0.29) is 36.0 Å². The van der Waals surface area contributed by atoms with Gasteiger partial charge in [-0.3, -0.25) is 19.4 Å². The van der Waals surface area contributed by atoms with Crippen molar-refractivity contribution in [3.05, 3.63) is 143 Å². The first-order valence-corrected chi connectivity index (χ1v) is 22.9. The van der Waals surface area contributed by atoms with Gasteiger partial charge in [-0.1, -0.05) is 97.6 Å². The molecule has 2 amide bonds. The number of H-pyrrole nitrogens is 2. The van der Waals surface area contributed by atoms with E-state index in [0.29, 0.717) is 0 Å². The molecular weight excluding hydrogens is 769 g/mol. The summed E-state index contributed by atoms with van der Waals surface area (Å²) in [6.45, 7) is 5.28. The average molecular weight is 825 g/mol. The van der Waals surface area contributed by atoms with Crippen LogP contribution in [0.2, 0.25) is 0 Å². The van der Waals surface area contributed by atoms with Gasteiger partial charge in [-0.25, -0.2) is 9.97 Å². The highest BCUT2D eigenvalue weighted by Crippen LogP contribution is 2.38. The lowest BCUT2D eigenvalue weighted by Crippen LogP contribution is -2.44. The number of rotatable bonds is 9. The SMILES string of the molecule is O=C([C@@H](c1ccccc1)N1CCCCC1)N1CCCC1c1nc2ccc(-c3ccc(C#Cc4cnc([C@@H]5CCCN5C(=O)[C@@H](c5ccccc5)N5CCCCC5)[nH]4)cc3)cc2[nH]1. The van der Waals surface area contributed by atoms with Crippen LogP contribution in [0.5, 0.6) is 0 Å². The molecule has 4 saturated heterocycles. The summed E-state index contributed by atoms with van der Waals surface area (Å²) in [6, 6.07) is 34.6. The van der Waals surface area contributed by atoms with Crippen molar-refractivity contribution in [3.8, 4) is 23.0 Å². The van der Waals surface area contributed by atoms with E-state index in [1.807, 2.05) is 41.3 Å². The number of benzene rings is 4. The number of hydrogen-bond donors (Lipinski definition) is 2. The van der Waals surface area contributed by atoms with Crippen LogP contribution < -0.4 is 0 Å². The minimum atomic E-state index is -0.268. The summed E-state index contributed by atoms with van der Waals surface area (Å²) in [7, 11) is 0. The molecule has 0 radical (unpaired) electrons.